The van der Waals surface area contributed by atoms with Crippen molar-refractivity contribution in [2.75, 3.05) is 13.2 Å². The minimum atomic E-state index is -4.40. The Morgan fingerprint density at radius 1 is 1.05 bits per heavy atom. The van der Waals surface area contributed by atoms with Crippen molar-refractivity contribution in [3.05, 3.63) is 65.5 Å². The first kappa shape index (κ1) is 16.3. The van der Waals surface area contributed by atoms with Crippen LogP contribution in [0.25, 0.3) is 0 Å². The summed E-state index contributed by atoms with van der Waals surface area (Å²) in [6.07, 6.45) is -4.40. The molecule has 0 saturated heterocycles. The Bertz CT molecular complexity index is 610. The molecule has 1 atom stereocenters. The minimum Gasteiger partial charge on any atom is -0.493 e. The molecule has 1 unspecified atom stereocenters. The molecule has 0 saturated carbocycles. The lowest BCUT2D eigenvalue weighted by atomic mass is 9.98. The molecule has 2 rings (SSSR count). The van der Waals surface area contributed by atoms with Gasteiger partial charge in [0.2, 0.25) is 0 Å². The third-order valence-electron chi connectivity index (χ3n) is 3.23. The third-order valence-corrected chi connectivity index (χ3v) is 3.23. The van der Waals surface area contributed by atoms with E-state index in [-0.39, 0.29) is 24.9 Å². The molecule has 2 aromatic carbocycles. The quantitative estimate of drug-likeness (QED) is 0.848. The van der Waals surface area contributed by atoms with Crippen LogP contribution in [0.3, 0.4) is 0 Å². The zero-order chi connectivity index (χ0) is 16.2. The number of hydrogen-bond acceptors (Lipinski definition) is 2. The molecule has 0 amide bonds. The zero-order valence-corrected chi connectivity index (χ0v) is 11.6. The summed E-state index contributed by atoms with van der Waals surface area (Å²) in [5.74, 6) is -0.334. The van der Waals surface area contributed by atoms with Crippen molar-refractivity contribution >= 4 is 0 Å². The summed E-state index contributed by atoms with van der Waals surface area (Å²) in [6, 6.07) is 10.4. The molecule has 0 bridgehead atoms. The molecule has 0 aliphatic carbocycles. The van der Waals surface area contributed by atoms with Gasteiger partial charge in [-0.1, -0.05) is 18.2 Å². The van der Waals surface area contributed by atoms with Gasteiger partial charge in [0.1, 0.15) is 11.6 Å². The van der Waals surface area contributed by atoms with Gasteiger partial charge in [0.15, 0.2) is 0 Å². The highest BCUT2D eigenvalue weighted by Gasteiger charge is 2.30. The van der Waals surface area contributed by atoms with E-state index in [4.69, 9.17) is 10.5 Å². The molecule has 0 aliphatic rings. The highest BCUT2D eigenvalue weighted by atomic mass is 19.4. The van der Waals surface area contributed by atoms with Gasteiger partial charge in [0.05, 0.1) is 12.2 Å². The first-order valence-electron chi connectivity index (χ1n) is 6.65. The first-order valence-corrected chi connectivity index (χ1v) is 6.65. The first-order chi connectivity index (χ1) is 10.4. The van der Waals surface area contributed by atoms with Crippen LogP contribution in [-0.4, -0.2) is 13.2 Å². The number of hydrogen-bond donors (Lipinski definition) is 1. The van der Waals surface area contributed by atoms with Crippen LogP contribution in [0, 0.1) is 5.82 Å². The van der Waals surface area contributed by atoms with E-state index >= 15 is 0 Å². The van der Waals surface area contributed by atoms with Crippen molar-refractivity contribution < 1.29 is 22.3 Å². The highest BCUT2D eigenvalue weighted by molar-refractivity contribution is 5.29. The fraction of sp³-hybridized carbons (Fsp3) is 0.250. The second kappa shape index (κ2) is 6.79. The summed E-state index contributed by atoms with van der Waals surface area (Å²) in [6.45, 7) is 0.256. The lowest BCUT2D eigenvalue weighted by Gasteiger charge is -2.18. The monoisotopic (exact) mass is 313 g/mol. The van der Waals surface area contributed by atoms with E-state index in [1.807, 2.05) is 0 Å². The Morgan fingerprint density at radius 3 is 2.32 bits per heavy atom. The predicted octanol–water partition coefficient (Wildman–Crippen LogP) is 3.97. The van der Waals surface area contributed by atoms with Gasteiger partial charge < -0.3 is 10.5 Å². The smallest absolute Gasteiger partial charge is 0.416 e. The second-order valence-corrected chi connectivity index (χ2v) is 4.82. The number of halogens is 4. The summed E-state index contributed by atoms with van der Waals surface area (Å²) in [4.78, 5) is 0. The van der Waals surface area contributed by atoms with Crippen molar-refractivity contribution in [1.82, 2.24) is 0 Å². The summed E-state index contributed by atoms with van der Waals surface area (Å²) >= 11 is 0. The Balaban J connectivity index is 2.09. The second-order valence-electron chi connectivity index (χ2n) is 4.82. The summed E-state index contributed by atoms with van der Waals surface area (Å²) < 4.78 is 56.4. The van der Waals surface area contributed by atoms with Gasteiger partial charge in [-0.05, 0) is 35.9 Å². The number of alkyl halides is 3. The maximum atomic E-state index is 12.8. The highest BCUT2D eigenvalue weighted by Crippen LogP contribution is 2.31. The van der Waals surface area contributed by atoms with Crippen molar-refractivity contribution in [3.8, 4) is 5.75 Å². The maximum absolute atomic E-state index is 12.8. The van der Waals surface area contributed by atoms with Gasteiger partial charge in [0, 0.05) is 12.5 Å². The molecular weight excluding hydrogens is 298 g/mol. The molecule has 0 fully saturated rings. The van der Waals surface area contributed by atoms with Crippen LogP contribution >= 0.6 is 0 Å². The molecule has 0 aromatic heterocycles. The van der Waals surface area contributed by atoms with Gasteiger partial charge in [-0.2, -0.15) is 13.2 Å². The van der Waals surface area contributed by atoms with Crippen LogP contribution in [0.5, 0.6) is 5.75 Å². The van der Waals surface area contributed by atoms with Crippen LogP contribution < -0.4 is 10.5 Å². The van der Waals surface area contributed by atoms with E-state index in [2.05, 4.69) is 0 Å². The molecular formula is C16H15F4NO. The molecule has 0 radical (unpaired) electrons. The molecule has 22 heavy (non-hydrogen) atoms. The van der Waals surface area contributed by atoms with Gasteiger partial charge in [0.25, 0.3) is 0 Å². The molecule has 0 aliphatic heterocycles. The van der Waals surface area contributed by atoms with E-state index in [1.54, 1.807) is 6.07 Å². The van der Waals surface area contributed by atoms with E-state index in [0.717, 1.165) is 12.1 Å². The molecule has 0 heterocycles. The maximum Gasteiger partial charge on any atom is 0.416 e. The van der Waals surface area contributed by atoms with Crippen LogP contribution in [0.1, 0.15) is 17.0 Å². The molecule has 2 N–H and O–H groups in total. The Hall–Kier alpha value is -2.08. The Morgan fingerprint density at radius 2 is 1.73 bits per heavy atom. The average molecular weight is 313 g/mol. The van der Waals surface area contributed by atoms with Crippen LogP contribution in [0.15, 0.2) is 48.5 Å². The summed E-state index contributed by atoms with van der Waals surface area (Å²) in [7, 11) is 0. The Labute approximate surface area is 125 Å². The van der Waals surface area contributed by atoms with Gasteiger partial charge >= 0.3 is 6.18 Å². The SMILES string of the molecule is NCC(COc1ccc(F)cc1)c1cccc(C(F)(F)F)c1. The number of benzene rings is 2. The number of nitrogens with two attached hydrogens (primary N) is 1. The van der Waals surface area contributed by atoms with E-state index in [0.29, 0.717) is 11.3 Å². The molecule has 2 aromatic rings. The molecule has 6 heteroatoms. The molecule has 2 nitrogen and oxygen atoms in total. The normalized spacial score (nSPS) is 13.0. The Kier molecular flexibility index (Phi) is 5.03. The lowest BCUT2D eigenvalue weighted by Crippen LogP contribution is -2.20. The van der Waals surface area contributed by atoms with Gasteiger partial charge in [-0.3, -0.25) is 0 Å². The van der Waals surface area contributed by atoms with Crippen molar-refractivity contribution in [2.45, 2.75) is 12.1 Å². The van der Waals surface area contributed by atoms with Crippen molar-refractivity contribution in [1.29, 1.82) is 0 Å². The summed E-state index contributed by atoms with van der Waals surface area (Å²) in [5.41, 5.74) is 5.37. The fourth-order valence-electron chi connectivity index (χ4n) is 2.00. The van der Waals surface area contributed by atoms with Crippen molar-refractivity contribution in [2.24, 2.45) is 5.73 Å². The topological polar surface area (TPSA) is 35.2 Å². The standard InChI is InChI=1S/C16H15F4NO/c17-14-4-6-15(7-5-14)22-10-12(9-21)11-2-1-3-13(8-11)16(18,19)20/h1-8,12H,9-10,21H2. The summed E-state index contributed by atoms with van der Waals surface area (Å²) in [5, 5.41) is 0. The van der Waals surface area contributed by atoms with Crippen LogP contribution in [0.4, 0.5) is 17.6 Å². The number of rotatable bonds is 5. The predicted molar refractivity (Wildman–Crippen MR) is 75.1 cm³/mol. The fourth-order valence-corrected chi connectivity index (χ4v) is 2.00. The molecule has 0 spiro atoms. The van der Waals surface area contributed by atoms with Crippen molar-refractivity contribution in [3.63, 3.8) is 0 Å². The van der Waals surface area contributed by atoms with Crippen LogP contribution in [-0.2, 0) is 6.18 Å². The van der Waals surface area contributed by atoms with E-state index < -0.39 is 11.7 Å². The lowest BCUT2D eigenvalue weighted by molar-refractivity contribution is -0.137. The zero-order valence-electron chi connectivity index (χ0n) is 11.6. The van der Waals surface area contributed by atoms with Gasteiger partial charge in [-0.15, -0.1) is 0 Å². The van der Waals surface area contributed by atoms with E-state index in [1.165, 1.54) is 30.3 Å². The van der Waals surface area contributed by atoms with Gasteiger partial charge in [-0.25, -0.2) is 4.39 Å². The van der Waals surface area contributed by atoms with Crippen LogP contribution in [0.2, 0.25) is 0 Å². The number of ether oxygens (including phenoxy) is 1. The minimum absolute atomic E-state index is 0.115. The van der Waals surface area contributed by atoms with E-state index in [9.17, 15) is 17.6 Å². The third kappa shape index (κ3) is 4.21. The molecule has 118 valence electrons. The largest absolute Gasteiger partial charge is 0.493 e. The average Bonchev–Trinajstić information content (AvgIpc) is 2.49.